The minimum atomic E-state index is -0.240. The number of nitrogens with one attached hydrogen (secondary N) is 2. The Labute approximate surface area is 154 Å². The van der Waals surface area contributed by atoms with E-state index in [2.05, 4.69) is 15.6 Å². The summed E-state index contributed by atoms with van der Waals surface area (Å²) in [6, 6.07) is 11.4. The first-order chi connectivity index (χ1) is 12.6. The van der Waals surface area contributed by atoms with Crippen LogP contribution in [0.2, 0.25) is 0 Å². The van der Waals surface area contributed by atoms with E-state index in [1.807, 2.05) is 57.2 Å². The number of urea groups is 1. The molecular weight excluding hydrogens is 330 g/mol. The average molecular weight is 357 g/mol. The number of carbonyl (C=O) groups excluding carboxylic acids is 1. The third-order valence-electron chi connectivity index (χ3n) is 3.66. The Morgan fingerprint density at radius 1 is 1.04 bits per heavy atom. The second kappa shape index (κ2) is 10.4. The number of rotatable bonds is 9. The lowest BCUT2D eigenvalue weighted by molar-refractivity contribution is 0.133. The topological polar surface area (TPSA) is 72.5 Å². The molecule has 140 valence electrons. The molecule has 1 aromatic heterocycles. The molecule has 0 aliphatic carbocycles. The van der Waals surface area contributed by atoms with Crippen LogP contribution in [0.5, 0.6) is 5.88 Å². The largest absolute Gasteiger partial charge is 0.475 e. The van der Waals surface area contributed by atoms with Crippen LogP contribution in [-0.2, 0) is 24.4 Å². The third kappa shape index (κ3) is 6.37. The molecule has 1 aromatic carbocycles. The first kappa shape index (κ1) is 19.7. The molecule has 6 heteroatoms. The van der Waals surface area contributed by atoms with Crippen molar-refractivity contribution in [2.24, 2.45) is 0 Å². The van der Waals surface area contributed by atoms with Crippen LogP contribution in [0.15, 0.2) is 42.6 Å². The molecule has 0 aliphatic heterocycles. The summed E-state index contributed by atoms with van der Waals surface area (Å²) in [6.45, 7) is 7.84. The number of amides is 2. The first-order valence-corrected chi connectivity index (χ1v) is 8.87. The van der Waals surface area contributed by atoms with E-state index in [1.54, 1.807) is 6.20 Å². The monoisotopic (exact) mass is 357 g/mol. The van der Waals surface area contributed by atoms with E-state index in [-0.39, 0.29) is 12.1 Å². The van der Waals surface area contributed by atoms with Gasteiger partial charge >= 0.3 is 6.03 Å². The van der Waals surface area contributed by atoms with Gasteiger partial charge in [0.15, 0.2) is 0 Å². The van der Waals surface area contributed by atoms with Crippen molar-refractivity contribution in [1.29, 1.82) is 0 Å². The van der Waals surface area contributed by atoms with Gasteiger partial charge in [0, 0.05) is 31.5 Å². The second-order valence-electron chi connectivity index (χ2n) is 6.08. The molecule has 2 aromatic rings. The third-order valence-corrected chi connectivity index (χ3v) is 3.66. The molecule has 2 N–H and O–H groups in total. The van der Waals surface area contributed by atoms with Crippen LogP contribution >= 0.6 is 0 Å². The van der Waals surface area contributed by atoms with Crippen LogP contribution in [-0.4, -0.2) is 23.7 Å². The maximum atomic E-state index is 12.1. The van der Waals surface area contributed by atoms with Gasteiger partial charge in [0.05, 0.1) is 12.7 Å². The van der Waals surface area contributed by atoms with Crippen LogP contribution in [0.25, 0.3) is 0 Å². The van der Waals surface area contributed by atoms with Crippen molar-refractivity contribution < 1.29 is 14.3 Å². The Kier molecular flexibility index (Phi) is 7.89. The smallest absolute Gasteiger partial charge is 0.315 e. The summed E-state index contributed by atoms with van der Waals surface area (Å²) in [5, 5.41) is 5.72. The lowest BCUT2D eigenvalue weighted by atomic mass is 10.1. The van der Waals surface area contributed by atoms with Crippen molar-refractivity contribution in [2.75, 3.05) is 6.61 Å². The molecule has 2 rings (SSSR count). The number of ether oxygens (including phenoxy) is 2. The molecule has 0 fully saturated rings. The predicted molar refractivity (Wildman–Crippen MR) is 101 cm³/mol. The summed E-state index contributed by atoms with van der Waals surface area (Å²) in [4.78, 5) is 16.4. The highest BCUT2D eigenvalue weighted by molar-refractivity contribution is 5.73. The van der Waals surface area contributed by atoms with E-state index in [0.29, 0.717) is 32.2 Å². The molecule has 0 atom stereocenters. The number of carbonyl (C=O) groups is 1. The molecule has 26 heavy (non-hydrogen) atoms. The predicted octanol–water partition coefficient (Wildman–Crippen LogP) is 3.40. The average Bonchev–Trinajstić information content (AvgIpc) is 2.64. The number of pyridine rings is 1. The Balaban J connectivity index is 1.87. The van der Waals surface area contributed by atoms with Crippen LogP contribution in [0.3, 0.4) is 0 Å². The first-order valence-electron chi connectivity index (χ1n) is 8.87. The van der Waals surface area contributed by atoms with E-state index >= 15 is 0 Å². The lowest BCUT2D eigenvalue weighted by Crippen LogP contribution is -2.35. The Bertz CT molecular complexity index is 704. The van der Waals surface area contributed by atoms with E-state index in [9.17, 15) is 4.79 Å². The molecule has 0 saturated carbocycles. The van der Waals surface area contributed by atoms with Gasteiger partial charge in [-0.05, 0) is 38.0 Å². The maximum absolute atomic E-state index is 12.1. The zero-order valence-electron chi connectivity index (χ0n) is 15.6. The number of hydrogen-bond donors (Lipinski definition) is 2. The van der Waals surface area contributed by atoms with Gasteiger partial charge in [-0.15, -0.1) is 0 Å². The van der Waals surface area contributed by atoms with Gasteiger partial charge in [0.2, 0.25) is 5.88 Å². The molecule has 0 unspecified atom stereocenters. The summed E-state index contributed by atoms with van der Waals surface area (Å²) in [7, 11) is 0. The van der Waals surface area contributed by atoms with Crippen molar-refractivity contribution >= 4 is 6.03 Å². The standard InChI is InChI=1S/C20H27N3O3/c1-4-25-14-18-9-6-5-8-16(18)12-22-20(24)23-13-17-10-7-11-21-19(17)26-15(2)3/h5-11,15H,4,12-14H2,1-3H3,(H2,22,23,24). The Morgan fingerprint density at radius 2 is 1.69 bits per heavy atom. The molecule has 0 radical (unpaired) electrons. The van der Waals surface area contributed by atoms with E-state index in [0.717, 1.165) is 16.7 Å². The number of nitrogens with zero attached hydrogens (tertiary/aromatic N) is 1. The van der Waals surface area contributed by atoms with Crippen molar-refractivity contribution in [2.45, 2.75) is 46.6 Å². The molecular formula is C20H27N3O3. The van der Waals surface area contributed by atoms with Gasteiger partial charge in [0.1, 0.15) is 0 Å². The zero-order chi connectivity index (χ0) is 18.8. The molecule has 2 amide bonds. The quantitative estimate of drug-likeness (QED) is 0.721. The second-order valence-corrected chi connectivity index (χ2v) is 6.08. The fourth-order valence-electron chi connectivity index (χ4n) is 2.38. The Hall–Kier alpha value is -2.60. The molecule has 6 nitrogen and oxygen atoms in total. The number of hydrogen-bond acceptors (Lipinski definition) is 4. The summed E-state index contributed by atoms with van der Waals surface area (Å²) in [5.41, 5.74) is 2.96. The van der Waals surface area contributed by atoms with E-state index in [1.165, 1.54) is 0 Å². The fraction of sp³-hybridized carbons (Fsp3) is 0.400. The highest BCUT2D eigenvalue weighted by atomic mass is 16.5. The highest BCUT2D eigenvalue weighted by Gasteiger charge is 2.09. The van der Waals surface area contributed by atoms with Crippen LogP contribution < -0.4 is 15.4 Å². The molecule has 0 bridgehead atoms. The number of benzene rings is 1. The maximum Gasteiger partial charge on any atom is 0.315 e. The van der Waals surface area contributed by atoms with Crippen LogP contribution in [0.1, 0.15) is 37.5 Å². The van der Waals surface area contributed by atoms with E-state index in [4.69, 9.17) is 9.47 Å². The fourth-order valence-corrected chi connectivity index (χ4v) is 2.38. The minimum Gasteiger partial charge on any atom is -0.475 e. The summed E-state index contributed by atoms with van der Waals surface area (Å²) in [5.74, 6) is 0.546. The van der Waals surface area contributed by atoms with Crippen molar-refractivity contribution in [1.82, 2.24) is 15.6 Å². The lowest BCUT2D eigenvalue weighted by Gasteiger charge is -2.14. The molecule has 0 spiro atoms. The van der Waals surface area contributed by atoms with Gasteiger partial charge < -0.3 is 20.1 Å². The van der Waals surface area contributed by atoms with Crippen molar-refractivity contribution in [3.05, 3.63) is 59.3 Å². The van der Waals surface area contributed by atoms with Gasteiger partial charge in [-0.3, -0.25) is 0 Å². The van der Waals surface area contributed by atoms with Gasteiger partial charge in [-0.25, -0.2) is 9.78 Å². The zero-order valence-corrected chi connectivity index (χ0v) is 15.6. The van der Waals surface area contributed by atoms with Crippen molar-refractivity contribution in [3.63, 3.8) is 0 Å². The summed E-state index contributed by atoms with van der Waals surface area (Å²) >= 11 is 0. The SMILES string of the molecule is CCOCc1ccccc1CNC(=O)NCc1cccnc1OC(C)C. The molecule has 0 saturated heterocycles. The minimum absolute atomic E-state index is 0.0271. The number of aromatic nitrogens is 1. The van der Waals surface area contributed by atoms with Gasteiger partial charge in [-0.2, -0.15) is 0 Å². The van der Waals surface area contributed by atoms with Crippen LogP contribution in [0.4, 0.5) is 4.79 Å². The van der Waals surface area contributed by atoms with E-state index < -0.39 is 0 Å². The molecule has 0 aliphatic rings. The van der Waals surface area contributed by atoms with Crippen molar-refractivity contribution in [3.8, 4) is 5.88 Å². The normalized spacial score (nSPS) is 10.6. The summed E-state index contributed by atoms with van der Waals surface area (Å²) < 4.78 is 11.1. The molecule has 1 heterocycles. The van der Waals surface area contributed by atoms with Gasteiger partial charge in [0.25, 0.3) is 0 Å². The highest BCUT2D eigenvalue weighted by Crippen LogP contribution is 2.15. The summed E-state index contributed by atoms with van der Waals surface area (Å²) in [6.07, 6.45) is 1.70. The van der Waals surface area contributed by atoms with Crippen LogP contribution in [0, 0.1) is 0 Å². The Morgan fingerprint density at radius 3 is 2.38 bits per heavy atom. The van der Waals surface area contributed by atoms with Gasteiger partial charge in [-0.1, -0.05) is 30.3 Å².